The molecule has 0 saturated carbocycles. The van der Waals surface area contributed by atoms with E-state index in [9.17, 15) is 9.59 Å². The number of anilines is 10. The van der Waals surface area contributed by atoms with Crippen LogP contribution in [0.3, 0.4) is 0 Å². The number of carbonyl (C=O) groups is 2. The predicted molar refractivity (Wildman–Crippen MR) is 244 cm³/mol. The molecule has 4 aromatic carbocycles. The van der Waals surface area contributed by atoms with Crippen molar-refractivity contribution >= 4 is 92.9 Å². The second-order valence-electron chi connectivity index (χ2n) is 14.4. The fraction of sp³-hybridized carbons (Fsp3) is 0.256. The number of nitrogens with zero attached hydrogens (tertiary/aromatic N) is 10. The molecule has 0 bridgehead atoms. The zero-order valence-electron chi connectivity index (χ0n) is 33.8. The summed E-state index contributed by atoms with van der Waals surface area (Å²) in [5.41, 5.74) is 4.44. The minimum absolute atomic E-state index is 0.0173. The van der Waals surface area contributed by atoms with E-state index in [0.717, 1.165) is 61.4 Å². The van der Waals surface area contributed by atoms with Crippen LogP contribution in [0.25, 0.3) is 0 Å². The molecule has 2 aromatic heterocycles. The Kier molecular flexibility index (Phi) is 13.2. The lowest BCUT2D eigenvalue weighted by Gasteiger charge is -2.36. The Balaban J connectivity index is 0.785. The molecule has 8 rings (SSSR count). The van der Waals surface area contributed by atoms with E-state index in [4.69, 9.17) is 27.9 Å². The van der Waals surface area contributed by atoms with Crippen LogP contribution in [-0.2, 0) is 9.59 Å². The van der Waals surface area contributed by atoms with Gasteiger partial charge in [-0.3, -0.25) is 9.59 Å². The highest BCUT2D eigenvalue weighted by Crippen LogP contribution is 2.33. The number of methoxy groups -OCH3 is 1. The van der Waals surface area contributed by atoms with Gasteiger partial charge in [-0.15, -0.1) is 0 Å². The standard InChI is InChI=1S/C43H44Cl2N14O3/c1-62-37-13-12-29(44)24-36(37)57-18-22-59(23-19-57)43-49-28-47-41(55-43)53-33-9-5-7-31(26-33)51-39(61)15-14-38(60)50-30-6-4-8-32(25-30)52-40-46-27-48-42(54-40)58-20-16-56(17-21-58)35-11-3-2-10-34(35)45/h2-13,24-28H,14-23H2,1H3,(H,50,60)(H,51,61)(H,46,48,52,54)(H,47,49,53,55). The maximum absolute atomic E-state index is 12.9. The SMILES string of the molecule is COc1ccc(Cl)cc1N1CCN(c2ncnc(Nc3cccc(NC(=O)CCC(=O)Nc4cccc(Nc5ncnc(N6CCN(c7ccccc7Cl)CC6)n5)c4)c3)n2)CC1. The van der Waals surface area contributed by atoms with E-state index in [-0.39, 0.29) is 24.7 Å². The van der Waals surface area contributed by atoms with E-state index in [0.29, 0.717) is 64.7 Å². The van der Waals surface area contributed by atoms with Crippen LogP contribution in [0.15, 0.2) is 104 Å². The van der Waals surface area contributed by atoms with Gasteiger partial charge in [-0.05, 0) is 66.7 Å². The Morgan fingerprint density at radius 1 is 0.565 bits per heavy atom. The highest BCUT2D eigenvalue weighted by atomic mass is 35.5. The highest BCUT2D eigenvalue weighted by Gasteiger charge is 2.23. The monoisotopic (exact) mass is 874 g/mol. The van der Waals surface area contributed by atoms with Crippen molar-refractivity contribution < 1.29 is 14.3 Å². The Hall–Kier alpha value is -6.98. The summed E-state index contributed by atoms with van der Waals surface area (Å²) >= 11 is 12.7. The van der Waals surface area contributed by atoms with Gasteiger partial charge in [0, 0.05) is 93.0 Å². The molecule has 2 amide bonds. The lowest BCUT2D eigenvalue weighted by atomic mass is 10.2. The molecule has 0 spiro atoms. The van der Waals surface area contributed by atoms with E-state index < -0.39 is 0 Å². The van der Waals surface area contributed by atoms with Gasteiger partial charge >= 0.3 is 0 Å². The summed E-state index contributed by atoms with van der Waals surface area (Å²) in [7, 11) is 1.65. The summed E-state index contributed by atoms with van der Waals surface area (Å²) in [6, 6.07) is 27.8. The number of carbonyl (C=O) groups excluding carboxylic acids is 2. The van der Waals surface area contributed by atoms with Crippen LogP contribution < -0.4 is 45.6 Å². The third-order valence-electron chi connectivity index (χ3n) is 10.3. The summed E-state index contributed by atoms with van der Waals surface area (Å²) in [6.45, 7) is 5.86. The Labute approximate surface area is 368 Å². The first-order valence-corrected chi connectivity index (χ1v) is 20.8. The van der Waals surface area contributed by atoms with Gasteiger partial charge in [0.25, 0.3) is 0 Å². The summed E-state index contributed by atoms with van der Waals surface area (Å²) in [4.78, 5) is 61.2. The van der Waals surface area contributed by atoms with Gasteiger partial charge in [0.2, 0.25) is 35.6 Å². The Morgan fingerprint density at radius 2 is 1.05 bits per heavy atom. The average Bonchev–Trinajstić information content (AvgIpc) is 3.29. The van der Waals surface area contributed by atoms with Crippen molar-refractivity contribution in [1.82, 2.24) is 29.9 Å². The quantitative estimate of drug-likeness (QED) is 0.0890. The van der Waals surface area contributed by atoms with Crippen molar-refractivity contribution in [2.45, 2.75) is 12.8 Å². The number of hydrogen-bond donors (Lipinski definition) is 4. The van der Waals surface area contributed by atoms with E-state index in [1.807, 2.05) is 60.7 Å². The fourth-order valence-electron chi connectivity index (χ4n) is 7.20. The van der Waals surface area contributed by atoms with Gasteiger partial charge < -0.3 is 45.6 Å². The van der Waals surface area contributed by atoms with Crippen LogP contribution in [-0.4, -0.2) is 101 Å². The van der Waals surface area contributed by atoms with Gasteiger partial charge in [0.15, 0.2) is 0 Å². The number of halogens is 2. The molecule has 17 nitrogen and oxygen atoms in total. The predicted octanol–water partition coefficient (Wildman–Crippen LogP) is 6.87. The first kappa shape index (κ1) is 41.7. The van der Waals surface area contributed by atoms with Crippen LogP contribution in [0, 0.1) is 0 Å². The second kappa shape index (κ2) is 19.6. The molecular weight excluding hydrogens is 831 g/mol. The number of rotatable bonds is 14. The maximum atomic E-state index is 12.9. The first-order chi connectivity index (χ1) is 30.3. The van der Waals surface area contributed by atoms with E-state index in [1.54, 1.807) is 37.4 Å². The van der Waals surface area contributed by atoms with Crippen LogP contribution >= 0.6 is 23.2 Å². The molecule has 4 heterocycles. The molecule has 0 atom stereocenters. The molecule has 0 radical (unpaired) electrons. The molecule has 0 unspecified atom stereocenters. The first-order valence-electron chi connectivity index (χ1n) is 20.1. The zero-order chi connectivity index (χ0) is 42.8. The Morgan fingerprint density at radius 3 is 1.56 bits per heavy atom. The van der Waals surface area contributed by atoms with E-state index in [1.165, 1.54) is 12.7 Å². The second-order valence-corrected chi connectivity index (χ2v) is 15.3. The van der Waals surface area contributed by atoms with E-state index in [2.05, 4.69) is 70.8 Å². The number of nitrogens with one attached hydrogen (secondary N) is 4. The third-order valence-corrected chi connectivity index (χ3v) is 10.9. The average molecular weight is 876 g/mol. The summed E-state index contributed by atoms with van der Waals surface area (Å²) < 4.78 is 5.55. The number of hydrogen-bond acceptors (Lipinski definition) is 15. The van der Waals surface area contributed by atoms with Gasteiger partial charge in [0.1, 0.15) is 18.4 Å². The van der Waals surface area contributed by atoms with Gasteiger partial charge in [-0.1, -0.05) is 47.5 Å². The van der Waals surface area contributed by atoms with Crippen molar-refractivity contribution in [2.24, 2.45) is 0 Å². The third kappa shape index (κ3) is 10.7. The van der Waals surface area contributed by atoms with Gasteiger partial charge in [0.05, 0.1) is 23.5 Å². The minimum atomic E-state index is -0.305. The number of aromatic nitrogens is 6. The van der Waals surface area contributed by atoms with Crippen LogP contribution in [0.5, 0.6) is 5.75 Å². The molecule has 4 N–H and O–H groups in total. The largest absolute Gasteiger partial charge is 0.495 e. The maximum Gasteiger partial charge on any atom is 0.231 e. The molecule has 2 aliphatic rings. The number of piperazine rings is 2. The van der Waals surface area contributed by atoms with Crippen molar-refractivity contribution in [3.8, 4) is 5.75 Å². The lowest BCUT2D eigenvalue weighted by Crippen LogP contribution is -2.47. The highest BCUT2D eigenvalue weighted by molar-refractivity contribution is 6.33. The van der Waals surface area contributed by atoms with Crippen molar-refractivity contribution in [3.05, 3.63) is 114 Å². The van der Waals surface area contributed by atoms with Crippen LogP contribution in [0.2, 0.25) is 10.0 Å². The molecule has 19 heteroatoms. The van der Waals surface area contributed by atoms with Crippen molar-refractivity contribution in [2.75, 3.05) is 100 Å². The molecule has 2 aliphatic heterocycles. The lowest BCUT2D eigenvalue weighted by molar-refractivity contribution is -0.121. The van der Waals surface area contributed by atoms with Gasteiger partial charge in [-0.2, -0.15) is 9.97 Å². The molecule has 6 aromatic rings. The zero-order valence-corrected chi connectivity index (χ0v) is 35.4. The van der Waals surface area contributed by atoms with Crippen molar-refractivity contribution in [1.29, 1.82) is 0 Å². The van der Waals surface area contributed by atoms with Crippen molar-refractivity contribution in [3.63, 3.8) is 0 Å². The van der Waals surface area contributed by atoms with Gasteiger partial charge in [-0.25, -0.2) is 19.9 Å². The summed E-state index contributed by atoms with van der Waals surface area (Å²) in [5, 5.41) is 13.5. The molecule has 318 valence electrons. The van der Waals surface area contributed by atoms with E-state index >= 15 is 0 Å². The number of benzene rings is 4. The minimum Gasteiger partial charge on any atom is -0.495 e. The van der Waals surface area contributed by atoms with Crippen LogP contribution in [0.1, 0.15) is 12.8 Å². The number of para-hydroxylation sites is 1. The number of ether oxygens (including phenoxy) is 1. The smallest absolute Gasteiger partial charge is 0.231 e. The molecule has 0 aliphatic carbocycles. The molecule has 62 heavy (non-hydrogen) atoms. The fourth-order valence-corrected chi connectivity index (χ4v) is 7.62. The Bertz CT molecular complexity index is 2520. The summed E-state index contributed by atoms with van der Waals surface area (Å²) in [5.74, 6) is 2.04. The summed E-state index contributed by atoms with van der Waals surface area (Å²) in [6.07, 6.45) is 2.91. The van der Waals surface area contributed by atoms with Crippen LogP contribution in [0.4, 0.5) is 57.9 Å². The topological polar surface area (TPSA) is 182 Å². The molecular formula is C43H44Cl2N14O3. The normalized spacial score (nSPS) is 14.0. The molecule has 2 saturated heterocycles. The molecule has 2 fully saturated rings. The number of amides is 2.